The molecule has 3 aromatic carbocycles. The molecule has 0 aliphatic carbocycles. The molecule has 0 heterocycles. The monoisotopic (exact) mass is 466 g/mol. The van der Waals surface area contributed by atoms with Gasteiger partial charge in [0, 0.05) is 16.9 Å². The molecule has 0 radical (unpaired) electrons. The Bertz CT molecular complexity index is 1220. The summed E-state index contributed by atoms with van der Waals surface area (Å²) in [6, 6.07) is 19.1. The first-order valence-corrected chi connectivity index (χ1v) is 12.0. The van der Waals surface area contributed by atoms with Crippen molar-refractivity contribution in [3.63, 3.8) is 0 Å². The number of sulfonamides is 1. The molecule has 33 heavy (non-hydrogen) atoms. The number of carbonyl (C=O) groups is 2. The molecule has 0 aromatic heterocycles. The predicted molar refractivity (Wildman–Crippen MR) is 128 cm³/mol. The van der Waals surface area contributed by atoms with Gasteiger partial charge in [-0.2, -0.15) is 0 Å². The highest BCUT2D eigenvalue weighted by Crippen LogP contribution is 2.19. The lowest BCUT2D eigenvalue weighted by molar-refractivity contribution is 0.0499. The van der Waals surface area contributed by atoms with Crippen molar-refractivity contribution in [1.82, 2.24) is 0 Å². The largest absolute Gasteiger partial charge is 0.462 e. The molecule has 0 atom stereocenters. The molecule has 0 saturated carbocycles. The van der Waals surface area contributed by atoms with Gasteiger partial charge in [-0.1, -0.05) is 37.1 Å². The highest BCUT2D eigenvalue weighted by molar-refractivity contribution is 7.92. The maximum atomic E-state index is 12.7. The summed E-state index contributed by atoms with van der Waals surface area (Å²) < 4.78 is 32.9. The van der Waals surface area contributed by atoms with Crippen LogP contribution >= 0.6 is 0 Å². The topological polar surface area (TPSA) is 102 Å². The molecule has 3 rings (SSSR count). The van der Waals surface area contributed by atoms with E-state index in [0.29, 0.717) is 17.9 Å². The summed E-state index contributed by atoms with van der Waals surface area (Å²) in [4.78, 5) is 24.8. The number of hydrogen-bond donors (Lipinski definition) is 2. The van der Waals surface area contributed by atoms with Crippen molar-refractivity contribution in [3.8, 4) is 0 Å². The van der Waals surface area contributed by atoms with Gasteiger partial charge in [0.1, 0.15) is 0 Å². The third-order valence-electron chi connectivity index (χ3n) is 4.82. The summed E-state index contributed by atoms with van der Waals surface area (Å²) in [6.07, 6.45) is 1.74. The van der Waals surface area contributed by atoms with E-state index in [1.165, 1.54) is 18.2 Å². The van der Waals surface area contributed by atoms with E-state index >= 15 is 0 Å². The molecule has 0 fully saturated rings. The summed E-state index contributed by atoms with van der Waals surface area (Å²) in [6.45, 7) is 4.26. The van der Waals surface area contributed by atoms with Gasteiger partial charge in [0.15, 0.2) is 0 Å². The number of rotatable bonds is 9. The fourth-order valence-electron chi connectivity index (χ4n) is 2.94. The highest BCUT2D eigenvalue weighted by Gasteiger charge is 2.15. The van der Waals surface area contributed by atoms with Crippen LogP contribution in [0.1, 0.15) is 46.0 Å². The smallest absolute Gasteiger partial charge is 0.338 e. The molecule has 0 aliphatic rings. The minimum atomic E-state index is -3.78. The van der Waals surface area contributed by atoms with Crippen LogP contribution in [0.4, 0.5) is 11.4 Å². The van der Waals surface area contributed by atoms with Crippen LogP contribution in [-0.4, -0.2) is 26.9 Å². The molecule has 0 aliphatic heterocycles. The lowest BCUT2D eigenvalue weighted by Gasteiger charge is -2.11. The van der Waals surface area contributed by atoms with Crippen molar-refractivity contribution in [2.75, 3.05) is 16.6 Å². The van der Waals surface area contributed by atoms with Crippen molar-refractivity contribution in [2.24, 2.45) is 0 Å². The van der Waals surface area contributed by atoms with E-state index in [-0.39, 0.29) is 16.1 Å². The van der Waals surface area contributed by atoms with E-state index < -0.39 is 21.9 Å². The zero-order valence-corrected chi connectivity index (χ0v) is 19.3. The van der Waals surface area contributed by atoms with E-state index in [9.17, 15) is 18.0 Å². The number of hydrogen-bond acceptors (Lipinski definition) is 5. The minimum absolute atomic E-state index is 0.135. The number of amides is 1. The lowest BCUT2D eigenvalue weighted by atomic mass is 10.1. The highest BCUT2D eigenvalue weighted by atomic mass is 32.2. The Morgan fingerprint density at radius 3 is 2.24 bits per heavy atom. The predicted octanol–water partition coefficient (Wildman–Crippen LogP) is 5.01. The lowest BCUT2D eigenvalue weighted by Crippen LogP contribution is -2.15. The number of esters is 1. The number of benzene rings is 3. The first-order valence-electron chi connectivity index (χ1n) is 10.6. The first-order chi connectivity index (χ1) is 15.8. The quantitative estimate of drug-likeness (QED) is 0.341. The Balaban J connectivity index is 1.66. The Kier molecular flexibility index (Phi) is 7.84. The molecule has 0 saturated heterocycles. The van der Waals surface area contributed by atoms with Gasteiger partial charge in [-0.15, -0.1) is 0 Å². The fourth-order valence-corrected chi connectivity index (χ4v) is 3.99. The minimum Gasteiger partial charge on any atom is -0.462 e. The number of nitrogens with one attached hydrogen (secondary N) is 2. The maximum absolute atomic E-state index is 12.7. The van der Waals surface area contributed by atoms with Crippen LogP contribution in [0.3, 0.4) is 0 Å². The number of anilines is 2. The molecule has 0 unspecified atom stereocenters. The average molecular weight is 467 g/mol. The second kappa shape index (κ2) is 10.8. The molecular weight excluding hydrogens is 440 g/mol. The maximum Gasteiger partial charge on any atom is 0.338 e. The SMILES string of the molecule is CCCCOC(=O)c1ccc(NC(=O)c2cccc(NS(=O)(=O)c3ccc(C)cc3)c2)cc1. The number of carbonyl (C=O) groups excluding carboxylic acids is 2. The first kappa shape index (κ1) is 24.0. The van der Waals surface area contributed by atoms with Crippen molar-refractivity contribution in [2.45, 2.75) is 31.6 Å². The molecule has 8 heteroatoms. The Morgan fingerprint density at radius 2 is 1.58 bits per heavy atom. The van der Waals surface area contributed by atoms with E-state index in [2.05, 4.69) is 10.0 Å². The van der Waals surface area contributed by atoms with Gasteiger partial charge in [0.25, 0.3) is 15.9 Å². The zero-order chi connectivity index (χ0) is 23.8. The molecule has 2 N–H and O–H groups in total. The summed E-state index contributed by atoms with van der Waals surface area (Å²) >= 11 is 0. The summed E-state index contributed by atoms with van der Waals surface area (Å²) in [5.41, 5.74) is 2.40. The zero-order valence-electron chi connectivity index (χ0n) is 18.5. The Labute approximate surface area is 193 Å². The van der Waals surface area contributed by atoms with E-state index in [4.69, 9.17) is 4.74 Å². The third kappa shape index (κ3) is 6.66. The molecule has 7 nitrogen and oxygen atoms in total. The number of unbranched alkanes of at least 4 members (excludes halogenated alkanes) is 1. The third-order valence-corrected chi connectivity index (χ3v) is 6.21. The van der Waals surface area contributed by atoms with Gasteiger partial charge >= 0.3 is 5.97 Å². The summed E-state index contributed by atoms with van der Waals surface area (Å²) in [5.74, 6) is -0.820. The standard InChI is InChI=1S/C25H26N2O5S/c1-3-4-16-32-25(29)19-10-12-21(13-11-19)26-24(28)20-6-5-7-22(17-20)27-33(30,31)23-14-8-18(2)9-15-23/h5-15,17,27H,3-4,16H2,1-2H3,(H,26,28). The van der Waals surface area contributed by atoms with Crippen LogP contribution in [-0.2, 0) is 14.8 Å². The van der Waals surface area contributed by atoms with Gasteiger partial charge in [-0.05, 0) is 67.9 Å². The van der Waals surface area contributed by atoms with Crippen molar-refractivity contribution in [3.05, 3.63) is 89.5 Å². The van der Waals surface area contributed by atoms with Gasteiger partial charge in [-0.3, -0.25) is 9.52 Å². The van der Waals surface area contributed by atoms with Crippen LogP contribution in [0.25, 0.3) is 0 Å². The molecule has 0 bridgehead atoms. The molecule has 3 aromatic rings. The van der Waals surface area contributed by atoms with E-state index in [0.717, 1.165) is 18.4 Å². The number of aryl methyl sites for hydroxylation is 1. The van der Waals surface area contributed by atoms with Crippen molar-refractivity contribution < 1.29 is 22.7 Å². The molecule has 172 valence electrons. The molecule has 0 spiro atoms. The van der Waals surface area contributed by atoms with Crippen LogP contribution in [0.15, 0.2) is 77.7 Å². The van der Waals surface area contributed by atoms with Gasteiger partial charge in [-0.25, -0.2) is 13.2 Å². The van der Waals surface area contributed by atoms with E-state index in [1.54, 1.807) is 54.6 Å². The van der Waals surface area contributed by atoms with E-state index in [1.807, 2.05) is 13.8 Å². The Morgan fingerprint density at radius 1 is 0.879 bits per heavy atom. The fraction of sp³-hybridized carbons (Fsp3) is 0.200. The summed E-state index contributed by atoms with van der Waals surface area (Å²) in [7, 11) is -3.78. The van der Waals surface area contributed by atoms with Gasteiger partial charge in [0.2, 0.25) is 0 Å². The normalized spacial score (nSPS) is 11.0. The summed E-state index contributed by atoms with van der Waals surface area (Å²) in [5, 5.41) is 2.74. The molecular formula is C25H26N2O5S. The van der Waals surface area contributed by atoms with Crippen molar-refractivity contribution >= 4 is 33.3 Å². The average Bonchev–Trinajstić information content (AvgIpc) is 2.80. The van der Waals surface area contributed by atoms with Crippen LogP contribution in [0.2, 0.25) is 0 Å². The van der Waals surface area contributed by atoms with Crippen molar-refractivity contribution in [1.29, 1.82) is 0 Å². The van der Waals surface area contributed by atoms with Crippen LogP contribution in [0.5, 0.6) is 0 Å². The number of ether oxygens (including phenoxy) is 1. The van der Waals surface area contributed by atoms with Crippen LogP contribution in [0, 0.1) is 6.92 Å². The van der Waals surface area contributed by atoms with Gasteiger partial charge < -0.3 is 10.1 Å². The van der Waals surface area contributed by atoms with Gasteiger partial charge in [0.05, 0.1) is 17.1 Å². The van der Waals surface area contributed by atoms with Crippen LogP contribution < -0.4 is 10.0 Å². The second-order valence-electron chi connectivity index (χ2n) is 7.52. The Hall–Kier alpha value is -3.65. The second-order valence-corrected chi connectivity index (χ2v) is 9.20. The molecule has 1 amide bonds.